The Morgan fingerprint density at radius 2 is 1.79 bits per heavy atom. The highest BCUT2D eigenvalue weighted by Gasteiger charge is 2.19. The van der Waals surface area contributed by atoms with Crippen LogP contribution in [0.15, 0.2) is 12.1 Å². The Hall–Kier alpha value is -0.480. The smallest absolute Gasteiger partial charge is 0.280 e. The summed E-state index contributed by atoms with van der Waals surface area (Å²) in [7, 11) is 1.18. The van der Waals surface area contributed by atoms with E-state index >= 15 is 0 Å². The zero-order valence-electron chi connectivity index (χ0n) is 7.09. The molecule has 1 aromatic carbocycles. The molecule has 0 aliphatic rings. The number of amides is 1. The lowest BCUT2D eigenvalue weighted by molar-refractivity contribution is -0.0374. The van der Waals surface area contributed by atoms with E-state index in [1.165, 1.54) is 19.2 Å². The van der Waals surface area contributed by atoms with Crippen molar-refractivity contribution in [2.24, 2.45) is 0 Å². The highest BCUT2D eigenvalue weighted by molar-refractivity contribution is 6.46. The Morgan fingerprint density at radius 1 is 1.29 bits per heavy atom. The van der Waals surface area contributed by atoms with Crippen LogP contribution in [0.1, 0.15) is 10.4 Å². The van der Waals surface area contributed by atoms with E-state index in [-0.39, 0.29) is 20.6 Å². The number of nitrogens with zero attached hydrogens (tertiary/aromatic N) is 1. The van der Waals surface area contributed by atoms with Gasteiger partial charge in [-0.3, -0.25) is 10.0 Å². The maximum atomic E-state index is 11.4. The van der Waals surface area contributed by atoms with Crippen LogP contribution in [0.3, 0.4) is 0 Å². The third kappa shape index (κ3) is 2.12. The highest BCUT2D eigenvalue weighted by atomic mass is 35.5. The summed E-state index contributed by atoms with van der Waals surface area (Å²) < 4.78 is 0. The topological polar surface area (TPSA) is 40.5 Å². The molecule has 0 spiro atoms. The molecule has 0 aliphatic heterocycles. The van der Waals surface area contributed by atoms with Crippen LogP contribution in [0.4, 0.5) is 0 Å². The molecule has 3 nitrogen and oxygen atoms in total. The summed E-state index contributed by atoms with van der Waals surface area (Å²) in [6.07, 6.45) is 0. The molecule has 0 radical (unpaired) electrons. The first-order valence-electron chi connectivity index (χ1n) is 3.55. The lowest BCUT2D eigenvalue weighted by Crippen LogP contribution is -2.23. The van der Waals surface area contributed by atoms with Crippen LogP contribution in [0.2, 0.25) is 15.1 Å². The van der Waals surface area contributed by atoms with Gasteiger partial charge in [-0.05, 0) is 12.1 Å². The summed E-state index contributed by atoms with van der Waals surface area (Å²) in [5.41, 5.74) is -0.00849. The first-order valence-corrected chi connectivity index (χ1v) is 4.69. The largest absolute Gasteiger partial charge is 0.286 e. The molecule has 1 amide bonds. The number of hydrogen-bond acceptors (Lipinski definition) is 2. The number of hydrogen-bond donors (Lipinski definition) is 1. The molecule has 1 N–H and O–H groups in total. The van der Waals surface area contributed by atoms with Gasteiger partial charge in [0.15, 0.2) is 0 Å². The summed E-state index contributed by atoms with van der Waals surface area (Å²) in [6.45, 7) is 0. The summed E-state index contributed by atoms with van der Waals surface area (Å²) in [4.78, 5) is 11.4. The molecule has 1 rings (SSSR count). The Balaban J connectivity index is 3.33. The number of halogens is 3. The number of rotatable bonds is 1. The van der Waals surface area contributed by atoms with Crippen molar-refractivity contribution >= 4 is 40.7 Å². The molecular formula is C8H6Cl3NO2. The SMILES string of the molecule is CN(O)C(=O)c1c(Cl)ccc(Cl)c1Cl. The normalized spacial score (nSPS) is 10.1. The molecule has 0 fully saturated rings. The van der Waals surface area contributed by atoms with Crippen LogP contribution in [-0.2, 0) is 0 Å². The van der Waals surface area contributed by atoms with Gasteiger partial charge in [0.05, 0.1) is 20.6 Å². The number of hydroxylamine groups is 2. The maximum absolute atomic E-state index is 11.4. The minimum Gasteiger partial charge on any atom is -0.286 e. The van der Waals surface area contributed by atoms with Crippen LogP contribution < -0.4 is 0 Å². The van der Waals surface area contributed by atoms with E-state index in [0.29, 0.717) is 5.06 Å². The van der Waals surface area contributed by atoms with E-state index in [2.05, 4.69) is 0 Å². The van der Waals surface area contributed by atoms with Crippen LogP contribution in [0.5, 0.6) is 0 Å². The van der Waals surface area contributed by atoms with E-state index in [4.69, 9.17) is 40.0 Å². The number of carbonyl (C=O) groups is 1. The van der Waals surface area contributed by atoms with Gasteiger partial charge in [0, 0.05) is 7.05 Å². The quantitative estimate of drug-likeness (QED) is 0.475. The fourth-order valence-electron chi connectivity index (χ4n) is 0.885. The standard InChI is InChI=1S/C8H6Cl3NO2/c1-12(14)8(13)6-4(9)2-3-5(10)7(6)11/h2-3,14H,1H3. The van der Waals surface area contributed by atoms with E-state index < -0.39 is 5.91 Å². The molecule has 14 heavy (non-hydrogen) atoms. The molecule has 0 saturated heterocycles. The van der Waals surface area contributed by atoms with E-state index in [1.807, 2.05) is 0 Å². The fourth-order valence-corrected chi connectivity index (χ4v) is 1.57. The number of carbonyl (C=O) groups excluding carboxylic acids is 1. The average Bonchev–Trinajstić information content (AvgIpc) is 2.12. The fraction of sp³-hybridized carbons (Fsp3) is 0.125. The van der Waals surface area contributed by atoms with Crippen molar-refractivity contribution in [3.05, 3.63) is 32.8 Å². The van der Waals surface area contributed by atoms with E-state index in [0.717, 1.165) is 0 Å². The maximum Gasteiger partial charge on any atom is 0.280 e. The van der Waals surface area contributed by atoms with Crippen LogP contribution in [0.25, 0.3) is 0 Å². The third-order valence-electron chi connectivity index (χ3n) is 1.55. The Morgan fingerprint density at radius 3 is 2.29 bits per heavy atom. The summed E-state index contributed by atoms with van der Waals surface area (Å²) in [5.74, 6) is -0.706. The summed E-state index contributed by atoms with van der Waals surface area (Å²) in [5, 5.41) is 9.72. The van der Waals surface area contributed by atoms with Crippen LogP contribution in [-0.4, -0.2) is 23.2 Å². The van der Waals surface area contributed by atoms with Gasteiger partial charge in [-0.1, -0.05) is 34.8 Å². The lowest BCUT2D eigenvalue weighted by Gasteiger charge is -2.11. The van der Waals surface area contributed by atoms with Crippen molar-refractivity contribution < 1.29 is 10.0 Å². The van der Waals surface area contributed by atoms with Gasteiger partial charge in [0.25, 0.3) is 5.91 Å². The zero-order valence-corrected chi connectivity index (χ0v) is 9.36. The van der Waals surface area contributed by atoms with E-state index in [9.17, 15) is 4.79 Å². The predicted octanol–water partition coefficient (Wildman–Crippen LogP) is 3.11. The molecule has 0 bridgehead atoms. The third-order valence-corrected chi connectivity index (χ3v) is 2.67. The minimum absolute atomic E-state index is 0.00849. The molecule has 0 aromatic heterocycles. The van der Waals surface area contributed by atoms with Crippen molar-refractivity contribution in [3.8, 4) is 0 Å². The summed E-state index contributed by atoms with van der Waals surface area (Å²) >= 11 is 17.2. The average molecular weight is 254 g/mol. The zero-order chi connectivity index (χ0) is 10.9. The van der Waals surface area contributed by atoms with Crippen LogP contribution >= 0.6 is 34.8 Å². The lowest BCUT2D eigenvalue weighted by atomic mass is 10.2. The first-order chi connectivity index (χ1) is 6.45. The van der Waals surface area contributed by atoms with Crippen molar-refractivity contribution in [2.75, 3.05) is 7.05 Å². The second-order valence-corrected chi connectivity index (χ2v) is 3.74. The van der Waals surface area contributed by atoms with Gasteiger partial charge in [-0.2, -0.15) is 0 Å². The molecule has 0 aliphatic carbocycles. The Kier molecular flexibility index (Phi) is 3.61. The second kappa shape index (κ2) is 4.36. The minimum atomic E-state index is -0.706. The van der Waals surface area contributed by atoms with Gasteiger partial charge >= 0.3 is 0 Å². The molecule has 0 heterocycles. The van der Waals surface area contributed by atoms with Gasteiger partial charge in [-0.15, -0.1) is 0 Å². The summed E-state index contributed by atoms with van der Waals surface area (Å²) in [6, 6.07) is 2.91. The molecular weight excluding hydrogens is 248 g/mol. The van der Waals surface area contributed by atoms with Crippen molar-refractivity contribution in [1.29, 1.82) is 0 Å². The molecule has 0 unspecified atom stereocenters. The second-order valence-electron chi connectivity index (χ2n) is 2.55. The van der Waals surface area contributed by atoms with Crippen LogP contribution in [0, 0.1) is 0 Å². The van der Waals surface area contributed by atoms with Crippen molar-refractivity contribution in [2.45, 2.75) is 0 Å². The monoisotopic (exact) mass is 253 g/mol. The Bertz CT molecular complexity index is 379. The molecule has 1 aromatic rings. The van der Waals surface area contributed by atoms with Gasteiger partial charge < -0.3 is 0 Å². The van der Waals surface area contributed by atoms with Crippen molar-refractivity contribution in [3.63, 3.8) is 0 Å². The predicted molar refractivity (Wildman–Crippen MR) is 55.4 cm³/mol. The van der Waals surface area contributed by atoms with Gasteiger partial charge in [0.1, 0.15) is 0 Å². The van der Waals surface area contributed by atoms with Gasteiger partial charge in [0.2, 0.25) is 0 Å². The first kappa shape index (κ1) is 11.6. The van der Waals surface area contributed by atoms with Gasteiger partial charge in [-0.25, -0.2) is 5.06 Å². The molecule has 6 heteroatoms. The Labute approximate surface area is 95.7 Å². The molecule has 0 atom stereocenters. The van der Waals surface area contributed by atoms with E-state index in [1.54, 1.807) is 0 Å². The molecule has 0 saturated carbocycles. The number of benzene rings is 1. The van der Waals surface area contributed by atoms with Crippen molar-refractivity contribution in [1.82, 2.24) is 5.06 Å². The highest BCUT2D eigenvalue weighted by Crippen LogP contribution is 2.31. The molecule has 76 valence electrons.